The maximum Gasteiger partial charge on any atom is 0.253 e. The van der Waals surface area contributed by atoms with Crippen LogP contribution in [0.3, 0.4) is 0 Å². The molecule has 27 heavy (non-hydrogen) atoms. The lowest BCUT2D eigenvalue weighted by Crippen LogP contribution is -2.42. The van der Waals surface area contributed by atoms with Crippen LogP contribution in [0.5, 0.6) is 5.75 Å². The molecule has 0 radical (unpaired) electrons. The predicted molar refractivity (Wildman–Crippen MR) is 112 cm³/mol. The van der Waals surface area contributed by atoms with Crippen LogP contribution in [-0.2, 0) is 0 Å². The van der Waals surface area contributed by atoms with Gasteiger partial charge in [-0.3, -0.25) is 4.79 Å². The largest absolute Gasteiger partial charge is 0.487 e. The maximum absolute atomic E-state index is 12.0. The van der Waals surface area contributed by atoms with Gasteiger partial charge >= 0.3 is 0 Å². The number of rotatable bonds is 3. The summed E-state index contributed by atoms with van der Waals surface area (Å²) in [4.78, 5) is 13.5. The molecule has 0 fully saturated rings. The van der Waals surface area contributed by atoms with Crippen molar-refractivity contribution in [3.05, 3.63) is 59.7 Å². The smallest absolute Gasteiger partial charge is 0.253 e. The van der Waals surface area contributed by atoms with Crippen molar-refractivity contribution in [2.45, 2.75) is 31.9 Å². The van der Waals surface area contributed by atoms with E-state index in [9.17, 15) is 4.79 Å². The summed E-state index contributed by atoms with van der Waals surface area (Å²) in [6.07, 6.45) is 0.808. The zero-order valence-electron chi connectivity index (χ0n) is 16.1. The Balaban J connectivity index is 1.68. The molecule has 2 aromatic rings. The van der Waals surface area contributed by atoms with Gasteiger partial charge in [0.1, 0.15) is 11.4 Å². The summed E-state index contributed by atoms with van der Waals surface area (Å²) in [7, 11) is 3.47. The lowest BCUT2D eigenvalue weighted by atomic mass is 9.90. The third-order valence-corrected chi connectivity index (χ3v) is 4.70. The fraction of sp³-hybridized carbons (Fsp3) is 0.333. The van der Waals surface area contributed by atoms with E-state index in [0.717, 1.165) is 23.4 Å². The number of para-hydroxylation sites is 1. The molecule has 2 aromatic carbocycles. The Morgan fingerprint density at radius 3 is 2.48 bits per heavy atom. The fourth-order valence-corrected chi connectivity index (χ4v) is 3.47. The molecule has 0 unspecified atom stereocenters. The fourth-order valence-electron chi connectivity index (χ4n) is 3.21. The van der Waals surface area contributed by atoms with Crippen LogP contribution in [0.25, 0.3) is 0 Å². The van der Waals surface area contributed by atoms with Crippen molar-refractivity contribution in [2.24, 2.45) is 0 Å². The van der Waals surface area contributed by atoms with Crippen molar-refractivity contribution < 1.29 is 9.53 Å². The van der Waals surface area contributed by atoms with Crippen molar-refractivity contribution in [3.8, 4) is 5.75 Å². The second-order valence-corrected chi connectivity index (χ2v) is 7.94. The molecular formula is C21H25N3O2S. The SMILES string of the molecule is CN(C)C(=O)c1ccc(NC(=S)N[C@H]2CC(C)(C)Oc3ccccc32)cc1. The molecular weight excluding hydrogens is 358 g/mol. The van der Waals surface area contributed by atoms with Gasteiger partial charge in [0.15, 0.2) is 5.11 Å². The summed E-state index contributed by atoms with van der Waals surface area (Å²) in [5.41, 5.74) is 2.32. The van der Waals surface area contributed by atoms with E-state index < -0.39 is 0 Å². The number of hydrogen-bond acceptors (Lipinski definition) is 3. The number of benzene rings is 2. The summed E-state index contributed by atoms with van der Waals surface area (Å²) in [5.74, 6) is 0.865. The second kappa shape index (κ2) is 7.56. The van der Waals surface area contributed by atoms with E-state index >= 15 is 0 Å². The number of carbonyl (C=O) groups is 1. The monoisotopic (exact) mass is 383 g/mol. The van der Waals surface area contributed by atoms with Crippen molar-refractivity contribution in [1.29, 1.82) is 0 Å². The van der Waals surface area contributed by atoms with Crippen molar-refractivity contribution >= 4 is 28.9 Å². The van der Waals surface area contributed by atoms with E-state index in [2.05, 4.69) is 30.5 Å². The summed E-state index contributed by atoms with van der Waals surface area (Å²) >= 11 is 5.51. The zero-order valence-corrected chi connectivity index (χ0v) is 16.9. The minimum atomic E-state index is -0.268. The van der Waals surface area contributed by atoms with E-state index in [0.29, 0.717) is 10.7 Å². The first kappa shape index (κ1) is 19.2. The highest BCUT2D eigenvalue weighted by Crippen LogP contribution is 2.39. The molecule has 2 N–H and O–H groups in total. The number of fused-ring (bicyclic) bond motifs is 1. The average molecular weight is 384 g/mol. The molecule has 0 spiro atoms. The second-order valence-electron chi connectivity index (χ2n) is 7.53. The van der Waals surface area contributed by atoms with Crippen LogP contribution < -0.4 is 15.4 Å². The normalized spacial score (nSPS) is 17.3. The lowest BCUT2D eigenvalue weighted by Gasteiger charge is -2.38. The van der Waals surface area contributed by atoms with Crippen LogP contribution >= 0.6 is 12.2 Å². The van der Waals surface area contributed by atoms with Gasteiger partial charge in [-0.2, -0.15) is 0 Å². The Morgan fingerprint density at radius 1 is 1.15 bits per heavy atom. The summed E-state index contributed by atoms with van der Waals surface area (Å²) in [6, 6.07) is 15.4. The summed E-state index contributed by atoms with van der Waals surface area (Å²) in [5, 5.41) is 7.14. The molecule has 0 saturated heterocycles. The van der Waals surface area contributed by atoms with Gasteiger partial charge in [0, 0.05) is 37.3 Å². The average Bonchev–Trinajstić information content (AvgIpc) is 2.60. The van der Waals surface area contributed by atoms with Crippen LogP contribution in [0.4, 0.5) is 5.69 Å². The first-order valence-corrected chi connectivity index (χ1v) is 9.33. The molecule has 1 aliphatic heterocycles. The van der Waals surface area contributed by atoms with E-state index in [-0.39, 0.29) is 17.6 Å². The molecule has 0 saturated carbocycles. The van der Waals surface area contributed by atoms with Crippen LogP contribution in [0, 0.1) is 0 Å². The highest BCUT2D eigenvalue weighted by Gasteiger charge is 2.33. The van der Waals surface area contributed by atoms with Crippen LogP contribution in [-0.4, -0.2) is 35.6 Å². The van der Waals surface area contributed by atoms with E-state index in [1.807, 2.05) is 30.3 Å². The standard InChI is InChI=1S/C21H25N3O2S/c1-21(2)13-17(16-7-5-6-8-18(16)26-21)23-20(27)22-15-11-9-14(10-12-15)19(25)24(3)4/h5-12,17H,13H2,1-4H3,(H2,22,23,27)/t17-/m0/s1. The first-order chi connectivity index (χ1) is 12.7. The predicted octanol–water partition coefficient (Wildman–Crippen LogP) is 3.98. The number of nitrogens with zero attached hydrogens (tertiary/aromatic N) is 1. The summed E-state index contributed by atoms with van der Waals surface area (Å²) < 4.78 is 6.06. The lowest BCUT2D eigenvalue weighted by molar-refractivity contribution is 0.0696. The van der Waals surface area contributed by atoms with Crippen molar-refractivity contribution in [3.63, 3.8) is 0 Å². The number of nitrogens with one attached hydrogen (secondary N) is 2. The Labute approximate surface area is 165 Å². The Hall–Kier alpha value is -2.60. The van der Waals surface area contributed by atoms with Crippen LogP contribution in [0.15, 0.2) is 48.5 Å². The van der Waals surface area contributed by atoms with Gasteiger partial charge in [0.25, 0.3) is 5.91 Å². The van der Waals surface area contributed by atoms with Gasteiger partial charge in [-0.1, -0.05) is 18.2 Å². The zero-order chi connectivity index (χ0) is 19.6. The van der Waals surface area contributed by atoms with Crippen molar-refractivity contribution in [2.75, 3.05) is 19.4 Å². The molecule has 6 heteroatoms. The molecule has 1 atom stereocenters. The van der Waals surface area contributed by atoms with Gasteiger partial charge in [-0.15, -0.1) is 0 Å². The molecule has 0 bridgehead atoms. The van der Waals surface area contributed by atoms with Gasteiger partial charge < -0.3 is 20.3 Å². The summed E-state index contributed by atoms with van der Waals surface area (Å²) in [6.45, 7) is 4.16. The molecule has 1 heterocycles. The Morgan fingerprint density at radius 2 is 1.81 bits per heavy atom. The molecule has 5 nitrogen and oxygen atoms in total. The number of ether oxygens (including phenoxy) is 1. The van der Waals surface area contributed by atoms with Crippen LogP contribution in [0.2, 0.25) is 0 Å². The number of amides is 1. The van der Waals surface area contributed by atoms with E-state index in [1.54, 1.807) is 31.1 Å². The van der Waals surface area contributed by atoms with Crippen LogP contribution in [0.1, 0.15) is 42.2 Å². The topological polar surface area (TPSA) is 53.6 Å². The highest BCUT2D eigenvalue weighted by molar-refractivity contribution is 7.80. The maximum atomic E-state index is 12.0. The Kier molecular flexibility index (Phi) is 5.37. The van der Waals surface area contributed by atoms with Gasteiger partial charge in [0.2, 0.25) is 0 Å². The highest BCUT2D eigenvalue weighted by atomic mass is 32.1. The quantitative estimate of drug-likeness (QED) is 0.786. The van der Waals surface area contributed by atoms with E-state index in [1.165, 1.54) is 0 Å². The van der Waals surface area contributed by atoms with E-state index in [4.69, 9.17) is 17.0 Å². The molecule has 3 rings (SSSR count). The molecule has 1 aliphatic rings. The third-order valence-electron chi connectivity index (χ3n) is 4.48. The minimum absolute atomic E-state index is 0.0247. The van der Waals surface area contributed by atoms with Crippen molar-refractivity contribution in [1.82, 2.24) is 10.2 Å². The molecule has 0 aromatic heterocycles. The Bertz CT molecular complexity index is 847. The molecule has 142 valence electrons. The molecule has 0 aliphatic carbocycles. The van der Waals surface area contributed by atoms with Gasteiger partial charge in [0.05, 0.1) is 6.04 Å². The first-order valence-electron chi connectivity index (χ1n) is 8.92. The van der Waals surface area contributed by atoms with Gasteiger partial charge in [-0.25, -0.2) is 0 Å². The molecule has 1 amide bonds. The number of thiocarbonyl (C=S) groups is 1. The third kappa shape index (κ3) is 4.57. The number of anilines is 1. The minimum Gasteiger partial charge on any atom is -0.487 e. The van der Waals surface area contributed by atoms with Gasteiger partial charge in [-0.05, 0) is 56.4 Å². The number of carbonyl (C=O) groups excluding carboxylic acids is 1. The number of hydrogen-bond donors (Lipinski definition) is 2.